The lowest BCUT2D eigenvalue weighted by Gasteiger charge is -2.16. The Labute approximate surface area is 101 Å². The van der Waals surface area contributed by atoms with Gasteiger partial charge in [-0.15, -0.1) is 0 Å². The molecule has 98 valence electrons. The van der Waals surface area contributed by atoms with Crippen LogP contribution in [0.3, 0.4) is 0 Å². The van der Waals surface area contributed by atoms with E-state index in [4.69, 9.17) is 0 Å². The van der Waals surface area contributed by atoms with Gasteiger partial charge < -0.3 is 5.32 Å². The molecule has 0 amide bonds. The fraction of sp³-hybridized carbons (Fsp3) is 1.00. The van der Waals surface area contributed by atoms with Crippen molar-refractivity contribution >= 4 is 9.84 Å². The molecule has 0 heterocycles. The first-order valence-electron chi connectivity index (χ1n) is 6.20. The molecule has 0 radical (unpaired) electrons. The predicted molar refractivity (Wildman–Crippen MR) is 70.5 cm³/mol. The van der Waals surface area contributed by atoms with Crippen molar-refractivity contribution in [3.63, 3.8) is 0 Å². The normalized spacial score (nSPS) is 16.4. The lowest BCUT2D eigenvalue weighted by molar-refractivity contribution is 0.523. The summed E-state index contributed by atoms with van der Waals surface area (Å²) in [5, 5.41) is 2.94. The molecule has 2 atom stereocenters. The fourth-order valence-corrected chi connectivity index (χ4v) is 3.31. The summed E-state index contributed by atoms with van der Waals surface area (Å²) in [7, 11) is -0.952. The van der Waals surface area contributed by atoms with Crippen LogP contribution in [0.1, 0.15) is 47.0 Å². The van der Waals surface area contributed by atoms with E-state index >= 15 is 0 Å². The maximum absolute atomic E-state index is 11.9. The Bertz CT molecular complexity index is 273. The van der Waals surface area contributed by atoms with Gasteiger partial charge in [0.2, 0.25) is 0 Å². The van der Waals surface area contributed by atoms with Gasteiger partial charge in [-0.25, -0.2) is 8.42 Å². The molecule has 2 unspecified atom stereocenters. The zero-order chi connectivity index (χ0) is 12.8. The van der Waals surface area contributed by atoms with Gasteiger partial charge in [0.15, 0.2) is 9.84 Å². The van der Waals surface area contributed by atoms with Crippen LogP contribution in [0.2, 0.25) is 0 Å². The van der Waals surface area contributed by atoms with Crippen molar-refractivity contribution in [1.29, 1.82) is 0 Å². The van der Waals surface area contributed by atoms with Crippen LogP contribution in [-0.4, -0.2) is 32.5 Å². The molecule has 0 aromatic carbocycles. The minimum absolute atomic E-state index is 0.209. The minimum atomic E-state index is -2.88. The summed E-state index contributed by atoms with van der Waals surface area (Å²) in [5.41, 5.74) is 0. The quantitative estimate of drug-likeness (QED) is 0.671. The highest BCUT2D eigenvalue weighted by Gasteiger charge is 2.22. The van der Waals surface area contributed by atoms with Gasteiger partial charge in [-0.3, -0.25) is 0 Å². The van der Waals surface area contributed by atoms with Crippen molar-refractivity contribution in [2.24, 2.45) is 5.92 Å². The zero-order valence-electron chi connectivity index (χ0n) is 11.3. The molecule has 0 aliphatic carbocycles. The first-order valence-corrected chi connectivity index (χ1v) is 7.91. The average molecular weight is 249 g/mol. The van der Waals surface area contributed by atoms with E-state index in [0.717, 1.165) is 19.3 Å². The fourth-order valence-electron chi connectivity index (χ4n) is 1.50. The summed E-state index contributed by atoms with van der Waals surface area (Å²) in [6.45, 7) is 7.86. The molecular weight excluding hydrogens is 222 g/mol. The van der Waals surface area contributed by atoms with E-state index in [0.29, 0.717) is 11.8 Å². The Morgan fingerprint density at radius 1 is 1.06 bits per heavy atom. The number of nitrogens with one attached hydrogen (secondary N) is 1. The molecule has 16 heavy (non-hydrogen) atoms. The summed E-state index contributed by atoms with van der Waals surface area (Å²) in [6.07, 6.45) is 2.81. The predicted octanol–water partition coefficient (Wildman–Crippen LogP) is 2.22. The Kier molecular flexibility index (Phi) is 7.24. The van der Waals surface area contributed by atoms with Gasteiger partial charge in [0.05, 0.1) is 11.0 Å². The zero-order valence-corrected chi connectivity index (χ0v) is 12.1. The monoisotopic (exact) mass is 249 g/mol. The van der Waals surface area contributed by atoms with Gasteiger partial charge in [-0.2, -0.15) is 0 Å². The number of hydrogen-bond donors (Lipinski definition) is 1. The van der Waals surface area contributed by atoms with Crippen LogP contribution < -0.4 is 5.32 Å². The van der Waals surface area contributed by atoms with E-state index < -0.39 is 9.84 Å². The van der Waals surface area contributed by atoms with Gasteiger partial charge >= 0.3 is 0 Å². The second-order valence-electron chi connectivity index (χ2n) is 5.00. The van der Waals surface area contributed by atoms with Crippen LogP contribution in [0.15, 0.2) is 0 Å². The maximum atomic E-state index is 11.9. The third kappa shape index (κ3) is 5.85. The maximum Gasteiger partial charge on any atom is 0.153 e. The lowest BCUT2D eigenvalue weighted by atomic mass is 10.1. The van der Waals surface area contributed by atoms with Crippen LogP contribution in [-0.2, 0) is 9.84 Å². The Morgan fingerprint density at radius 3 is 2.06 bits per heavy atom. The third-order valence-corrected chi connectivity index (χ3v) is 5.85. The second-order valence-corrected chi connectivity index (χ2v) is 7.48. The summed E-state index contributed by atoms with van der Waals surface area (Å²) in [6, 6.07) is 0.477. The topological polar surface area (TPSA) is 46.2 Å². The van der Waals surface area contributed by atoms with Gasteiger partial charge in [-0.05, 0) is 39.7 Å². The van der Waals surface area contributed by atoms with Crippen LogP contribution in [0.25, 0.3) is 0 Å². The van der Waals surface area contributed by atoms with Gasteiger partial charge in [-0.1, -0.05) is 20.3 Å². The van der Waals surface area contributed by atoms with Crippen LogP contribution in [0.5, 0.6) is 0 Å². The Balaban J connectivity index is 3.93. The first-order chi connectivity index (χ1) is 7.31. The van der Waals surface area contributed by atoms with E-state index in [9.17, 15) is 8.42 Å². The molecule has 0 aromatic rings. The van der Waals surface area contributed by atoms with Crippen molar-refractivity contribution in [2.45, 2.75) is 58.2 Å². The van der Waals surface area contributed by atoms with Crippen molar-refractivity contribution in [2.75, 3.05) is 12.8 Å². The second kappa shape index (κ2) is 7.28. The summed E-state index contributed by atoms with van der Waals surface area (Å²) in [5.74, 6) is 0.546. The van der Waals surface area contributed by atoms with Crippen LogP contribution >= 0.6 is 0 Å². The summed E-state index contributed by atoms with van der Waals surface area (Å²) < 4.78 is 23.7. The Hall–Kier alpha value is -0.0900. The summed E-state index contributed by atoms with van der Waals surface area (Å²) in [4.78, 5) is 0. The highest BCUT2D eigenvalue weighted by molar-refractivity contribution is 7.92. The number of sulfone groups is 1. The third-order valence-electron chi connectivity index (χ3n) is 3.31. The van der Waals surface area contributed by atoms with Crippen molar-refractivity contribution in [3.8, 4) is 0 Å². The molecule has 3 nitrogen and oxygen atoms in total. The molecule has 0 spiro atoms. The van der Waals surface area contributed by atoms with Crippen LogP contribution in [0.4, 0.5) is 0 Å². The molecule has 0 rings (SSSR count). The van der Waals surface area contributed by atoms with E-state index in [1.165, 1.54) is 0 Å². The highest BCUT2D eigenvalue weighted by atomic mass is 32.2. The van der Waals surface area contributed by atoms with E-state index in [2.05, 4.69) is 12.2 Å². The molecule has 0 aliphatic rings. The molecule has 4 heteroatoms. The molecular formula is C12H27NO2S. The number of unbranched alkanes of at least 4 members (excludes halogenated alkanes) is 1. The largest absolute Gasteiger partial charge is 0.317 e. The molecule has 1 N–H and O–H groups in total. The number of rotatable bonds is 8. The van der Waals surface area contributed by atoms with Crippen molar-refractivity contribution in [1.82, 2.24) is 5.32 Å². The first kappa shape index (κ1) is 15.9. The smallest absolute Gasteiger partial charge is 0.153 e. The molecule has 0 saturated carbocycles. The van der Waals surface area contributed by atoms with Gasteiger partial charge in [0, 0.05) is 6.04 Å². The molecule has 0 bridgehead atoms. The van der Waals surface area contributed by atoms with Crippen LogP contribution in [0, 0.1) is 5.92 Å². The average Bonchev–Trinajstić information content (AvgIpc) is 2.22. The SMILES string of the molecule is CNC(C)CCCCS(=O)(=O)C(C)C(C)C. The van der Waals surface area contributed by atoms with Crippen molar-refractivity contribution in [3.05, 3.63) is 0 Å². The van der Waals surface area contributed by atoms with Gasteiger partial charge in [0.1, 0.15) is 0 Å². The van der Waals surface area contributed by atoms with E-state index in [-0.39, 0.29) is 11.2 Å². The molecule has 0 aromatic heterocycles. The number of hydrogen-bond acceptors (Lipinski definition) is 3. The van der Waals surface area contributed by atoms with E-state index in [1.54, 1.807) is 0 Å². The summed E-state index contributed by atoms with van der Waals surface area (Å²) >= 11 is 0. The molecule has 0 fully saturated rings. The van der Waals surface area contributed by atoms with Gasteiger partial charge in [0.25, 0.3) is 0 Å². The van der Waals surface area contributed by atoms with Crippen molar-refractivity contribution < 1.29 is 8.42 Å². The highest BCUT2D eigenvalue weighted by Crippen LogP contribution is 2.14. The molecule has 0 aliphatic heterocycles. The standard InChI is InChI=1S/C12H27NO2S/c1-10(2)12(4)16(14,15)9-7-6-8-11(3)13-5/h10-13H,6-9H2,1-5H3. The minimum Gasteiger partial charge on any atom is -0.317 e. The lowest BCUT2D eigenvalue weighted by Crippen LogP contribution is -2.26. The Morgan fingerprint density at radius 2 is 1.62 bits per heavy atom. The molecule has 0 saturated heterocycles. The van der Waals surface area contributed by atoms with E-state index in [1.807, 2.05) is 27.8 Å².